The van der Waals surface area contributed by atoms with Crippen LogP contribution in [-0.4, -0.2) is 18.4 Å². The maximum atomic E-state index is 13.7. The van der Waals surface area contributed by atoms with E-state index < -0.39 is 23.4 Å². The second-order valence-electron chi connectivity index (χ2n) is 5.01. The van der Waals surface area contributed by atoms with Gasteiger partial charge in [-0.3, -0.25) is 9.59 Å². The van der Waals surface area contributed by atoms with Gasteiger partial charge in [0.2, 0.25) is 11.8 Å². The first-order valence-electron chi connectivity index (χ1n) is 7.05. The molecule has 0 aliphatic carbocycles. The Morgan fingerprint density at radius 1 is 1.00 bits per heavy atom. The molecular weight excluding hydrogens is 302 g/mol. The fraction of sp³-hybridized carbons (Fsp3) is 0.176. The number of hydrogen-bond acceptors (Lipinski definition) is 2. The summed E-state index contributed by atoms with van der Waals surface area (Å²) in [4.78, 5) is 24.8. The number of anilines is 1. The number of benzene rings is 2. The fourth-order valence-corrected chi connectivity index (χ4v) is 2.14. The van der Waals surface area contributed by atoms with Crippen molar-refractivity contribution in [1.82, 2.24) is 0 Å². The Morgan fingerprint density at radius 2 is 1.65 bits per heavy atom. The maximum Gasteiger partial charge on any atom is 0.231 e. The molecule has 2 rings (SSSR count). The summed E-state index contributed by atoms with van der Waals surface area (Å²) in [5, 5.41) is 0. The second-order valence-corrected chi connectivity index (χ2v) is 5.01. The molecule has 0 heterocycles. The molecule has 0 aliphatic rings. The number of rotatable bonds is 6. The number of primary amides is 1. The Balaban J connectivity index is 2.21. The smallest absolute Gasteiger partial charge is 0.231 e. The molecule has 0 radical (unpaired) electrons. The summed E-state index contributed by atoms with van der Waals surface area (Å²) in [5.74, 6) is -1.88. The van der Waals surface area contributed by atoms with Crippen molar-refractivity contribution >= 4 is 17.5 Å². The lowest BCUT2D eigenvalue weighted by atomic mass is 10.1. The normalized spacial score (nSPS) is 10.3. The number of nitrogens with zero attached hydrogens (tertiary/aromatic N) is 1. The molecule has 23 heavy (non-hydrogen) atoms. The Bertz CT molecular complexity index is 702. The summed E-state index contributed by atoms with van der Waals surface area (Å²) >= 11 is 0. The van der Waals surface area contributed by atoms with E-state index in [2.05, 4.69) is 0 Å². The van der Waals surface area contributed by atoms with Crippen molar-refractivity contribution in [2.75, 3.05) is 11.4 Å². The maximum absolute atomic E-state index is 13.7. The van der Waals surface area contributed by atoms with Crippen LogP contribution >= 0.6 is 0 Å². The van der Waals surface area contributed by atoms with Crippen LogP contribution in [0.5, 0.6) is 0 Å². The van der Waals surface area contributed by atoms with Gasteiger partial charge in [0.05, 0.1) is 6.42 Å². The van der Waals surface area contributed by atoms with E-state index in [1.54, 1.807) is 6.07 Å². The summed E-state index contributed by atoms with van der Waals surface area (Å²) in [6.07, 6.45) is -0.205. The molecule has 2 N–H and O–H groups in total. The van der Waals surface area contributed by atoms with E-state index in [9.17, 15) is 18.4 Å². The highest BCUT2D eigenvalue weighted by Crippen LogP contribution is 2.18. The third-order valence-corrected chi connectivity index (χ3v) is 3.32. The van der Waals surface area contributed by atoms with Crippen LogP contribution in [-0.2, 0) is 16.0 Å². The third-order valence-electron chi connectivity index (χ3n) is 3.32. The van der Waals surface area contributed by atoms with Crippen molar-refractivity contribution in [3.63, 3.8) is 0 Å². The SMILES string of the molecule is NC(=O)CCN(C(=O)Cc1ccccc1F)c1ccc(F)cc1. The monoisotopic (exact) mass is 318 g/mol. The standard InChI is InChI=1S/C17H16F2N2O2/c18-13-5-7-14(8-6-13)21(10-9-16(20)22)17(23)11-12-3-1-2-4-15(12)19/h1-8H,9-11H2,(H2,20,22). The minimum atomic E-state index is -0.559. The van der Waals surface area contributed by atoms with Crippen molar-refractivity contribution in [2.24, 2.45) is 5.73 Å². The highest BCUT2D eigenvalue weighted by molar-refractivity contribution is 5.95. The summed E-state index contributed by atoms with van der Waals surface area (Å²) in [5.41, 5.74) is 5.80. The van der Waals surface area contributed by atoms with E-state index in [1.165, 1.54) is 47.4 Å². The van der Waals surface area contributed by atoms with Crippen LogP contribution in [0, 0.1) is 11.6 Å². The highest BCUT2D eigenvalue weighted by atomic mass is 19.1. The molecule has 2 aromatic carbocycles. The van der Waals surface area contributed by atoms with Gasteiger partial charge in [0.25, 0.3) is 0 Å². The van der Waals surface area contributed by atoms with Crippen LogP contribution in [0.4, 0.5) is 14.5 Å². The molecule has 0 bridgehead atoms. The topological polar surface area (TPSA) is 63.4 Å². The average Bonchev–Trinajstić information content (AvgIpc) is 2.51. The van der Waals surface area contributed by atoms with E-state index in [0.717, 1.165) is 0 Å². The molecular formula is C17H16F2N2O2. The zero-order chi connectivity index (χ0) is 16.8. The summed E-state index contributed by atoms with van der Waals surface area (Å²) in [6, 6.07) is 11.2. The van der Waals surface area contributed by atoms with Gasteiger partial charge in [-0.05, 0) is 35.9 Å². The van der Waals surface area contributed by atoms with Crippen LogP contribution < -0.4 is 10.6 Å². The van der Waals surface area contributed by atoms with E-state index in [1.807, 2.05) is 0 Å². The number of hydrogen-bond donors (Lipinski definition) is 1. The van der Waals surface area contributed by atoms with Crippen molar-refractivity contribution in [1.29, 1.82) is 0 Å². The van der Waals surface area contributed by atoms with Crippen LogP contribution in [0.1, 0.15) is 12.0 Å². The largest absolute Gasteiger partial charge is 0.370 e. The predicted molar refractivity (Wildman–Crippen MR) is 82.7 cm³/mol. The lowest BCUT2D eigenvalue weighted by Crippen LogP contribution is -2.35. The van der Waals surface area contributed by atoms with E-state index in [4.69, 9.17) is 5.73 Å². The Morgan fingerprint density at radius 3 is 2.26 bits per heavy atom. The lowest BCUT2D eigenvalue weighted by molar-refractivity contribution is -0.118. The predicted octanol–water partition coefficient (Wildman–Crippen LogP) is 2.42. The van der Waals surface area contributed by atoms with Crippen LogP contribution in [0.15, 0.2) is 48.5 Å². The number of carbonyl (C=O) groups excluding carboxylic acids is 2. The molecule has 2 aromatic rings. The Hall–Kier alpha value is -2.76. The molecule has 0 fully saturated rings. The Kier molecular flexibility index (Phi) is 5.41. The number of carbonyl (C=O) groups is 2. The quantitative estimate of drug-likeness (QED) is 0.889. The summed E-state index contributed by atoms with van der Waals surface area (Å²) < 4.78 is 26.7. The number of amides is 2. The average molecular weight is 318 g/mol. The van der Waals surface area contributed by atoms with Gasteiger partial charge in [-0.2, -0.15) is 0 Å². The first kappa shape index (κ1) is 16.6. The van der Waals surface area contributed by atoms with E-state index in [-0.39, 0.29) is 24.9 Å². The van der Waals surface area contributed by atoms with Gasteiger partial charge >= 0.3 is 0 Å². The van der Waals surface area contributed by atoms with Gasteiger partial charge in [0.15, 0.2) is 0 Å². The fourth-order valence-electron chi connectivity index (χ4n) is 2.14. The van der Waals surface area contributed by atoms with Crippen molar-refractivity contribution in [2.45, 2.75) is 12.8 Å². The molecule has 0 saturated heterocycles. The Labute approximate surface area is 132 Å². The molecule has 0 aromatic heterocycles. The molecule has 0 unspecified atom stereocenters. The molecule has 0 aliphatic heterocycles. The molecule has 0 saturated carbocycles. The van der Waals surface area contributed by atoms with E-state index in [0.29, 0.717) is 5.69 Å². The zero-order valence-electron chi connectivity index (χ0n) is 12.3. The van der Waals surface area contributed by atoms with Crippen LogP contribution in [0.25, 0.3) is 0 Å². The first-order valence-corrected chi connectivity index (χ1v) is 7.05. The van der Waals surface area contributed by atoms with Gasteiger partial charge < -0.3 is 10.6 Å². The minimum absolute atomic E-state index is 0.0413. The van der Waals surface area contributed by atoms with Gasteiger partial charge in [-0.1, -0.05) is 18.2 Å². The number of halogens is 2. The molecule has 0 spiro atoms. The van der Waals surface area contributed by atoms with Crippen LogP contribution in [0.2, 0.25) is 0 Å². The molecule has 0 atom stereocenters. The van der Waals surface area contributed by atoms with Gasteiger partial charge in [0, 0.05) is 18.7 Å². The second kappa shape index (κ2) is 7.49. The molecule has 4 nitrogen and oxygen atoms in total. The van der Waals surface area contributed by atoms with Gasteiger partial charge in [-0.25, -0.2) is 8.78 Å². The van der Waals surface area contributed by atoms with Gasteiger partial charge in [0.1, 0.15) is 11.6 Å². The lowest BCUT2D eigenvalue weighted by Gasteiger charge is -2.22. The zero-order valence-corrected chi connectivity index (χ0v) is 12.3. The molecule has 6 heteroatoms. The van der Waals surface area contributed by atoms with Gasteiger partial charge in [-0.15, -0.1) is 0 Å². The van der Waals surface area contributed by atoms with Crippen LogP contribution in [0.3, 0.4) is 0 Å². The first-order chi connectivity index (χ1) is 11.0. The van der Waals surface area contributed by atoms with Crippen molar-refractivity contribution in [3.05, 3.63) is 65.7 Å². The summed E-state index contributed by atoms with van der Waals surface area (Å²) in [6.45, 7) is 0.0499. The van der Waals surface area contributed by atoms with Crippen molar-refractivity contribution < 1.29 is 18.4 Å². The summed E-state index contributed by atoms with van der Waals surface area (Å²) in [7, 11) is 0. The molecule has 120 valence electrons. The molecule has 2 amide bonds. The minimum Gasteiger partial charge on any atom is -0.370 e. The van der Waals surface area contributed by atoms with Crippen molar-refractivity contribution in [3.8, 4) is 0 Å². The van der Waals surface area contributed by atoms with E-state index >= 15 is 0 Å². The highest BCUT2D eigenvalue weighted by Gasteiger charge is 2.18. The third kappa shape index (κ3) is 4.60. The number of nitrogens with two attached hydrogens (primary N) is 1.